The number of rotatable bonds is 2. The Kier molecular flexibility index (Phi) is 2.63. The largest absolute Gasteiger partial charge is 0.389 e. The molecule has 0 radical (unpaired) electrons. The van der Waals surface area contributed by atoms with Crippen molar-refractivity contribution in [2.75, 3.05) is 0 Å². The molecule has 4 heteroatoms. The predicted octanol–water partition coefficient (Wildman–Crippen LogP) is 1.96. The fourth-order valence-corrected chi connectivity index (χ4v) is 1.29. The summed E-state index contributed by atoms with van der Waals surface area (Å²) in [7, 11) is 0. The fourth-order valence-electron chi connectivity index (χ4n) is 1.29. The molecule has 1 aromatic carbocycles. The summed E-state index contributed by atoms with van der Waals surface area (Å²) >= 11 is 0. The van der Waals surface area contributed by atoms with Gasteiger partial charge >= 0.3 is 0 Å². The maximum atomic E-state index is 10.5. The summed E-state index contributed by atoms with van der Waals surface area (Å²) in [6.07, 6.45) is -0.667. The second-order valence-electron chi connectivity index (χ2n) is 2.92. The average Bonchev–Trinajstić information content (AvgIpc) is 2.03. The molecule has 13 heavy (non-hydrogen) atoms. The average molecular weight is 181 g/mol. The molecule has 70 valence electrons. The highest BCUT2D eigenvalue weighted by Crippen LogP contribution is 2.25. The highest BCUT2D eigenvalue weighted by molar-refractivity contribution is 5.45. The molecule has 1 atom stereocenters. The maximum Gasteiger partial charge on any atom is 0.272 e. The van der Waals surface area contributed by atoms with Gasteiger partial charge in [0.05, 0.1) is 11.0 Å². The van der Waals surface area contributed by atoms with Gasteiger partial charge in [0.2, 0.25) is 0 Å². The molecule has 0 amide bonds. The first-order valence-electron chi connectivity index (χ1n) is 3.96. The van der Waals surface area contributed by atoms with Crippen LogP contribution in [0, 0.1) is 17.0 Å². The summed E-state index contributed by atoms with van der Waals surface area (Å²) in [5.74, 6) is 0. The summed E-state index contributed by atoms with van der Waals surface area (Å²) in [4.78, 5) is 10.1. The number of nitro groups is 1. The summed E-state index contributed by atoms with van der Waals surface area (Å²) in [6, 6.07) is 4.70. The van der Waals surface area contributed by atoms with E-state index >= 15 is 0 Å². The molecule has 0 saturated heterocycles. The summed E-state index contributed by atoms with van der Waals surface area (Å²) in [5, 5.41) is 19.8. The minimum atomic E-state index is -0.667. The van der Waals surface area contributed by atoms with Gasteiger partial charge in [-0.2, -0.15) is 0 Å². The molecule has 1 rings (SSSR count). The SMILES string of the molecule is Cc1c(C(C)O)cccc1[N+](=O)[O-]. The van der Waals surface area contributed by atoms with Gasteiger partial charge < -0.3 is 5.11 Å². The topological polar surface area (TPSA) is 63.4 Å². The Morgan fingerprint density at radius 1 is 1.54 bits per heavy atom. The van der Waals surface area contributed by atoms with Crippen LogP contribution in [0.1, 0.15) is 24.2 Å². The quantitative estimate of drug-likeness (QED) is 0.560. The van der Waals surface area contributed by atoms with Crippen LogP contribution >= 0.6 is 0 Å². The van der Waals surface area contributed by atoms with E-state index < -0.39 is 11.0 Å². The second kappa shape index (κ2) is 3.53. The molecule has 1 unspecified atom stereocenters. The van der Waals surface area contributed by atoms with E-state index in [0.717, 1.165) is 0 Å². The van der Waals surface area contributed by atoms with Gasteiger partial charge in [-0.15, -0.1) is 0 Å². The van der Waals surface area contributed by atoms with E-state index in [9.17, 15) is 15.2 Å². The third kappa shape index (κ3) is 1.84. The third-order valence-corrected chi connectivity index (χ3v) is 1.99. The van der Waals surface area contributed by atoms with Gasteiger partial charge in [0.25, 0.3) is 5.69 Å². The Hall–Kier alpha value is -1.42. The van der Waals surface area contributed by atoms with E-state index in [1.54, 1.807) is 26.0 Å². The van der Waals surface area contributed by atoms with Crippen molar-refractivity contribution in [2.45, 2.75) is 20.0 Å². The van der Waals surface area contributed by atoms with E-state index in [2.05, 4.69) is 0 Å². The van der Waals surface area contributed by atoms with E-state index in [0.29, 0.717) is 11.1 Å². The summed E-state index contributed by atoms with van der Waals surface area (Å²) in [6.45, 7) is 3.23. The Labute approximate surface area is 76.0 Å². The number of hydrogen-bond donors (Lipinski definition) is 1. The highest BCUT2D eigenvalue weighted by Gasteiger charge is 2.15. The van der Waals surface area contributed by atoms with E-state index in [1.165, 1.54) is 6.07 Å². The molecule has 0 aromatic heterocycles. The van der Waals surface area contributed by atoms with Crippen LogP contribution in [0.25, 0.3) is 0 Å². The molecule has 0 spiro atoms. The normalized spacial score (nSPS) is 12.5. The predicted molar refractivity (Wildman–Crippen MR) is 48.5 cm³/mol. The van der Waals surface area contributed by atoms with Crippen molar-refractivity contribution in [2.24, 2.45) is 0 Å². The molecule has 1 aromatic rings. The minimum Gasteiger partial charge on any atom is -0.389 e. The van der Waals surface area contributed by atoms with E-state index in [1.807, 2.05) is 0 Å². The van der Waals surface area contributed by atoms with Gasteiger partial charge in [-0.05, 0) is 19.4 Å². The standard InChI is InChI=1S/C9H11NO3/c1-6-8(7(2)11)4-3-5-9(6)10(12)13/h3-5,7,11H,1-2H3. The van der Waals surface area contributed by atoms with E-state index in [4.69, 9.17) is 0 Å². The lowest BCUT2D eigenvalue weighted by atomic mass is 10.0. The van der Waals surface area contributed by atoms with Crippen molar-refractivity contribution in [1.29, 1.82) is 0 Å². The van der Waals surface area contributed by atoms with Crippen molar-refractivity contribution in [1.82, 2.24) is 0 Å². The van der Waals surface area contributed by atoms with Crippen LogP contribution in [-0.2, 0) is 0 Å². The van der Waals surface area contributed by atoms with Crippen LogP contribution in [-0.4, -0.2) is 10.0 Å². The molecule has 4 nitrogen and oxygen atoms in total. The van der Waals surface area contributed by atoms with Gasteiger partial charge in [-0.25, -0.2) is 0 Å². The monoisotopic (exact) mass is 181 g/mol. The van der Waals surface area contributed by atoms with Gasteiger partial charge in [-0.1, -0.05) is 12.1 Å². The van der Waals surface area contributed by atoms with Gasteiger partial charge in [0.1, 0.15) is 0 Å². The lowest BCUT2D eigenvalue weighted by molar-refractivity contribution is -0.385. The Morgan fingerprint density at radius 2 is 2.15 bits per heavy atom. The van der Waals surface area contributed by atoms with Crippen molar-refractivity contribution in [3.8, 4) is 0 Å². The lowest BCUT2D eigenvalue weighted by Crippen LogP contribution is -1.99. The van der Waals surface area contributed by atoms with E-state index in [-0.39, 0.29) is 5.69 Å². The van der Waals surface area contributed by atoms with Crippen LogP contribution in [0.3, 0.4) is 0 Å². The number of hydrogen-bond acceptors (Lipinski definition) is 3. The van der Waals surface area contributed by atoms with Crippen LogP contribution in [0.5, 0.6) is 0 Å². The number of aliphatic hydroxyl groups excluding tert-OH is 1. The molecular formula is C9H11NO3. The van der Waals surface area contributed by atoms with Crippen LogP contribution in [0.4, 0.5) is 5.69 Å². The Morgan fingerprint density at radius 3 is 2.62 bits per heavy atom. The third-order valence-electron chi connectivity index (χ3n) is 1.99. The summed E-state index contributed by atoms with van der Waals surface area (Å²) in [5.41, 5.74) is 1.19. The first-order valence-corrected chi connectivity index (χ1v) is 3.96. The molecule has 0 heterocycles. The number of nitro benzene ring substituents is 1. The zero-order valence-electron chi connectivity index (χ0n) is 7.52. The van der Waals surface area contributed by atoms with Crippen LogP contribution in [0.15, 0.2) is 18.2 Å². The zero-order chi connectivity index (χ0) is 10.0. The molecule has 1 N–H and O–H groups in total. The molecule has 0 aliphatic rings. The second-order valence-corrected chi connectivity index (χ2v) is 2.92. The molecule has 0 aliphatic heterocycles. The molecule has 0 aliphatic carbocycles. The van der Waals surface area contributed by atoms with Crippen LogP contribution in [0.2, 0.25) is 0 Å². The number of nitrogens with zero attached hydrogens (tertiary/aromatic N) is 1. The highest BCUT2D eigenvalue weighted by atomic mass is 16.6. The minimum absolute atomic E-state index is 0.0541. The van der Waals surface area contributed by atoms with Crippen molar-refractivity contribution < 1.29 is 10.0 Å². The number of aliphatic hydroxyl groups is 1. The van der Waals surface area contributed by atoms with Gasteiger partial charge in [0, 0.05) is 11.6 Å². The molecular weight excluding hydrogens is 170 g/mol. The van der Waals surface area contributed by atoms with Crippen molar-refractivity contribution in [3.05, 3.63) is 39.4 Å². The summed E-state index contributed by atoms with van der Waals surface area (Å²) < 4.78 is 0. The molecule has 0 saturated carbocycles. The maximum absolute atomic E-state index is 10.5. The van der Waals surface area contributed by atoms with Crippen molar-refractivity contribution in [3.63, 3.8) is 0 Å². The number of benzene rings is 1. The Bertz CT molecular complexity index is 334. The molecule has 0 fully saturated rings. The first kappa shape index (κ1) is 9.67. The first-order chi connectivity index (χ1) is 6.04. The Balaban J connectivity index is 3.26. The van der Waals surface area contributed by atoms with Crippen LogP contribution < -0.4 is 0 Å². The smallest absolute Gasteiger partial charge is 0.272 e. The van der Waals surface area contributed by atoms with Gasteiger partial charge in [-0.3, -0.25) is 10.1 Å². The molecule has 0 bridgehead atoms. The van der Waals surface area contributed by atoms with Crippen molar-refractivity contribution >= 4 is 5.69 Å². The fraction of sp³-hybridized carbons (Fsp3) is 0.333. The lowest BCUT2D eigenvalue weighted by Gasteiger charge is -2.07. The van der Waals surface area contributed by atoms with Gasteiger partial charge in [0.15, 0.2) is 0 Å². The zero-order valence-corrected chi connectivity index (χ0v) is 7.52.